The second kappa shape index (κ2) is 4.53. The number of carbonyl (C=O) groups excluding carboxylic acids is 1. The highest BCUT2D eigenvalue weighted by atomic mass is 79.9. The van der Waals surface area contributed by atoms with Gasteiger partial charge in [0.05, 0.1) is 12.7 Å². The predicted molar refractivity (Wildman–Crippen MR) is 64.8 cm³/mol. The molecule has 2 rings (SSSR count). The zero-order valence-electron chi connectivity index (χ0n) is 8.57. The summed E-state index contributed by atoms with van der Waals surface area (Å²) < 4.78 is 9.60. The molecule has 4 heteroatoms. The van der Waals surface area contributed by atoms with Crippen molar-refractivity contribution in [1.29, 1.82) is 0 Å². The lowest BCUT2D eigenvalue weighted by Crippen LogP contribution is -1.96. The van der Waals surface area contributed by atoms with Gasteiger partial charge in [0.1, 0.15) is 5.75 Å². The van der Waals surface area contributed by atoms with Gasteiger partial charge < -0.3 is 8.57 Å². The minimum atomic E-state index is -0.405. The summed E-state index contributed by atoms with van der Waals surface area (Å²) in [5.74, 6) is 0.390. The van der Waals surface area contributed by atoms with E-state index in [1.54, 1.807) is 19.2 Å². The van der Waals surface area contributed by atoms with Crippen LogP contribution in [0.2, 0.25) is 0 Å². The van der Waals surface area contributed by atoms with Crippen LogP contribution in [0.3, 0.4) is 0 Å². The van der Waals surface area contributed by atoms with Gasteiger partial charge in [0.25, 0.3) is 0 Å². The number of benzene rings is 2. The quantitative estimate of drug-likeness (QED) is 0.847. The lowest BCUT2D eigenvalue weighted by atomic mass is 10.1. The van der Waals surface area contributed by atoms with Crippen LogP contribution in [0.4, 0.5) is 0 Å². The fourth-order valence-corrected chi connectivity index (χ4v) is 1.71. The number of rotatable bonds is 2. The molecule has 0 saturated carbocycles. The molecule has 0 heterocycles. The van der Waals surface area contributed by atoms with E-state index in [9.17, 15) is 4.79 Å². The van der Waals surface area contributed by atoms with E-state index in [4.69, 9.17) is 4.74 Å². The molecule has 0 aliphatic carbocycles. The van der Waals surface area contributed by atoms with Crippen molar-refractivity contribution >= 4 is 33.0 Å². The van der Waals surface area contributed by atoms with Crippen LogP contribution in [0.1, 0.15) is 10.4 Å². The third kappa shape index (κ3) is 2.02. The zero-order chi connectivity index (χ0) is 11.5. The van der Waals surface area contributed by atoms with E-state index in [1.807, 2.05) is 24.3 Å². The molecular formula is C12H9BrO3. The van der Waals surface area contributed by atoms with Gasteiger partial charge >= 0.3 is 5.97 Å². The van der Waals surface area contributed by atoms with Gasteiger partial charge in [-0.3, -0.25) is 0 Å². The van der Waals surface area contributed by atoms with Gasteiger partial charge in [0, 0.05) is 0 Å². The average Bonchev–Trinajstić information content (AvgIpc) is 2.36. The molecular weight excluding hydrogens is 272 g/mol. The van der Waals surface area contributed by atoms with Crippen LogP contribution in [-0.2, 0) is 3.83 Å². The Labute approximate surface area is 101 Å². The summed E-state index contributed by atoms with van der Waals surface area (Å²) in [6, 6.07) is 11.0. The Bertz CT molecular complexity index is 537. The predicted octanol–water partition coefficient (Wildman–Crippen LogP) is 3.32. The number of fused-ring (bicyclic) bond motifs is 1. The lowest BCUT2D eigenvalue weighted by Gasteiger charge is -2.03. The maximum Gasteiger partial charge on any atom is 0.349 e. The standard InChI is InChI=1S/C12H9BrO3/c1-15-11-5-4-8-6-10(12(14)16-13)3-2-9(8)7-11/h2-7H,1H3. The molecule has 0 unspecified atom stereocenters. The van der Waals surface area contributed by atoms with Gasteiger partial charge in [-0.05, 0) is 35.0 Å². The molecule has 0 aliphatic heterocycles. The van der Waals surface area contributed by atoms with E-state index in [2.05, 4.69) is 20.1 Å². The van der Waals surface area contributed by atoms with E-state index in [0.29, 0.717) is 5.56 Å². The molecule has 3 nitrogen and oxygen atoms in total. The van der Waals surface area contributed by atoms with Gasteiger partial charge in [-0.2, -0.15) is 0 Å². The minimum absolute atomic E-state index is 0.405. The second-order valence-corrected chi connectivity index (χ2v) is 3.62. The van der Waals surface area contributed by atoms with E-state index in [0.717, 1.165) is 16.5 Å². The van der Waals surface area contributed by atoms with Crippen LogP contribution in [-0.4, -0.2) is 13.1 Å². The van der Waals surface area contributed by atoms with E-state index >= 15 is 0 Å². The summed E-state index contributed by atoms with van der Waals surface area (Å²) in [7, 11) is 1.62. The first kappa shape index (κ1) is 11.0. The molecule has 0 amide bonds. The first-order valence-corrected chi connectivity index (χ1v) is 5.30. The third-order valence-electron chi connectivity index (χ3n) is 2.35. The highest BCUT2D eigenvalue weighted by molar-refractivity contribution is 9.06. The Kier molecular flexibility index (Phi) is 3.10. The van der Waals surface area contributed by atoms with Crippen molar-refractivity contribution in [3.8, 4) is 5.75 Å². The molecule has 0 radical (unpaired) electrons. The molecule has 2 aromatic rings. The smallest absolute Gasteiger partial charge is 0.349 e. The number of carbonyl (C=O) groups is 1. The number of halogens is 1. The summed E-state index contributed by atoms with van der Waals surface area (Å²) in [4.78, 5) is 11.3. The molecule has 0 fully saturated rings. The van der Waals surface area contributed by atoms with Crippen molar-refractivity contribution in [2.75, 3.05) is 7.11 Å². The maximum atomic E-state index is 11.3. The molecule has 0 atom stereocenters. The van der Waals surface area contributed by atoms with Crippen LogP contribution in [0.25, 0.3) is 10.8 Å². The van der Waals surface area contributed by atoms with E-state index < -0.39 is 5.97 Å². The monoisotopic (exact) mass is 280 g/mol. The van der Waals surface area contributed by atoms with Crippen molar-refractivity contribution < 1.29 is 13.4 Å². The topological polar surface area (TPSA) is 35.5 Å². The normalized spacial score (nSPS) is 10.1. The molecule has 82 valence electrons. The van der Waals surface area contributed by atoms with Crippen LogP contribution in [0.5, 0.6) is 5.75 Å². The molecule has 0 saturated heterocycles. The van der Waals surface area contributed by atoms with Crippen molar-refractivity contribution in [3.05, 3.63) is 42.0 Å². The average molecular weight is 281 g/mol. The van der Waals surface area contributed by atoms with Gasteiger partial charge in [-0.15, -0.1) is 0 Å². The zero-order valence-corrected chi connectivity index (χ0v) is 10.2. The molecule has 0 aliphatic rings. The maximum absolute atomic E-state index is 11.3. The van der Waals surface area contributed by atoms with Crippen LogP contribution < -0.4 is 4.74 Å². The number of hydrogen-bond donors (Lipinski definition) is 0. The van der Waals surface area contributed by atoms with Crippen molar-refractivity contribution in [1.82, 2.24) is 0 Å². The Hall–Kier alpha value is -1.55. The Morgan fingerprint density at radius 2 is 1.81 bits per heavy atom. The van der Waals surface area contributed by atoms with Crippen molar-refractivity contribution in [2.45, 2.75) is 0 Å². The number of ether oxygens (including phenoxy) is 1. The fraction of sp³-hybridized carbons (Fsp3) is 0.0833. The van der Waals surface area contributed by atoms with E-state index in [-0.39, 0.29) is 0 Å². The highest BCUT2D eigenvalue weighted by Gasteiger charge is 2.06. The number of methoxy groups -OCH3 is 1. The Balaban J connectivity index is 2.51. The molecule has 16 heavy (non-hydrogen) atoms. The van der Waals surface area contributed by atoms with E-state index in [1.165, 1.54) is 0 Å². The molecule has 0 aromatic heterocycles. The Morgan fingerprint density at radius 1 is 1.12 bits per heavy atom. The molecule has 0 bridgehead atoms. The molecule has 2 aromatic carbocycles. The van der Waals surface area contributed by atoms with Crippen LogP contribution in [0.15, 0.2) is 36.4 Å². The number of hydrogen-bond acceptors (Lipinski definition) is 3. The van der Waals surface area contributed by atoms with Gasteiger partial charge in [-0.25, -0.2) is 4.79 Å². The minimum Gasteiger partial charge on any atom is -0.497 e. The summed E-state index contributed by atoms with van der Waals surface area (Å²) in [6.45, 7) is 0. The first-order valence-electron chi connectivity index (χ1n) is 4.65. The van der Waals surface area contributed by atoms with Gasteiger partial charge in [0.2, 0.25) is 0 Å². The second-order valence-electron chi connectivity index (χ2n) is 3.29. The molecule has 0 spiro atoms. The summed E-state index contributed by atoms with van der Waals surface area (Å²) >= 11 is 2.67. The summed E-state index contributed by atoms with van der Waals surface area (Å²) in [5.41, 5.74) is 0.509. The largest absolute Gasteiger partial charge is 0.497 e. The Morgan fingerprint density at radius 3 is 2.50 bits per heavy atom. The van der Waals surface area contributed by atoms with Crippen molar-refractivity contribution in [3.63, 3.8) is 0 Å². The molecule has 0 N–H and O–H groups in total. The fourth-order valence-electron chi connectivity index (χ4n) is 1.52. The van der Waals surface area contributed by atoms with Gasteiger partial charge in [-0.1, -0.05) is 12.1 Å². The van der Waals surface area contributed by atoms with Crippen LogP contribution >= 0.6 is 16.3 Å². The van der Waals surface area contributed by atoms with Crippen molar-refractivity contribution in [2.24, 2.45) is 0 Å². The summed E-state index contributed by atoms with van der Waals surface area (Å²) in [5, 5.41) is 1.99. The van der Waals surface area contributed by atoms with Gasteiger partial charge in [0.15, 0.2) is 16.3 Å². The highest BCUT2D eigenvalue weighted by Crippen LogP contribution is 2.22. The third-order valence-corrected chi connectivity index (χ3v) is 2.65. The van der Waals surface area contributed by atoms with Crippen LogP contribution in [0, 0.1) is 0 Å². The summed E-state index contributed by atoms with van der Waals surface area (Å²) in [6.07, 6.45) is 0. The SMILES string of the molecule is COc1ccc2cc(C(=O)OBr)ccc2c1. The lowest BCUT2D eigenvalue weighted by molar-refractivity contribution is 0.0782. The first-order chi connectivity index (χ1) is 7.74.